The van der Waals surface area contributed by atoms with Gasteiger partial charge in [-0.25, -0.2) is 4.98 Å². The molecule has 0 bridgehead atoms. The summed E-state index contributed by atoms with van der Waals surface area (Å²) in [5.41, 5.74) is 0.412. The van der Waals surface area contributed by atoms with Crippen molar-refractivity contribution in [3.63, 3.8) is 0 Å². The molecule has 7 heteroatoms. The van der Waals surface area contributed by atoms with Crippen molar-refractivity contribution in [2.24, 2.45) is 0 Å². The van der Waals surface area contributed by atoms with Crippen LogP contribution in [0.5, 0.6) is 0 Å². The smallest absolute Gasteiger partial charge is 0.261 e. The van der Waals surface area contributed by atoms with Crippen LogP contribution >= 0.6 is 15.9 Å². The molecular weight excluding hydrogens is 362 g/mol. The van der Waals surface area contributed by atoms with Crippen molar-refractivity contribution in [2.75, 3.05) is 13.1 Å². The highest BCUT2D eigenvalue weighted by molar-refractivity contribution is 9.10. The first kappa shape index (κ1) is 16.1. The number of hydrogen-bond acceptors (Lipinski definition) is 4. The van der Waals surface area contributed by atoms with Crippen LogP contribution in [0.15, 0.2) is 33.8 Å². The van der Waals surface area contributed by atoms with E-state index in [9.17, 15) is 9.59 Å². The summed E-state index contributed by atoms with van der Waals surface area (Å²) in [5, 5.41) is 0.499. The fourth-order valence-electron chi connectivity index (χ4n) is 2.87. The molecule has 0 saturated carbocycles. The first-order valence-corrected chi connectivity index (χ1v) is 8.31. The van der Waals surface area contributed by atoms with Crippen molar-refractivity contribution in [2.45, 2.75) is 32.6 Å². The van der Waals surface area contributed by atoms with E-state index in [4.69, 9.17) is 4.74 Å². The van der Waals surface area contributed by atoms with Gasteiger partial charge in [-0.2, -0.15) is 0 Å². The van der Waals surface area contributed by atoms with Crippen LogP contribution in [-0.4, -0.2) is 45.7 Å². The Bertz CT molecular complexity index is 795. The van der Waals surface area contributed by atoms with E-state index in [-0.39, 0.29) is 30.2 Å². The van der Waals surface area contributed by atoms with Crippen LogP contribution < -0.4 is 5.56 Å². The van der Waals surface area contributed by atoms with E-state index in [0.717, 1.165) is 4.47 Å². The Kier molecular flexibility index (Phi) is 4.50. The number of rotatable bonds is 2. The molecule has 0 aliphatic carbocycles. The molecule has 1 aliphatic rings. The van der Waals surface area contributed by atoms with E-state index in [1.165, 1.54) is 10.9 Å². The molecule has 1 amide bonds. The highest BCUT2D eigenvalue weighted by Gasteiger charge is 2.26. The zero-order chi connectivity index (χ0) is 16.6. The quantitative estimate of drug-likeness (QED) is 0.797. The van der Waals surface area contributed by atoms with Gasteiger partial charge in [0.2, 0.25) is 5.91 Å². The molecule has 0 spiro atoms. The standard InChI is InChI=1S/C16H18BrN3O3/c1-10-6-19(7-11(2)23-10)15(21)8-20-9-18-14-4-3-12(17)5-13(14)16(20)22/h3-5,9-11H,6-8H2,1-2H3. The van der Waals surface area contributed by atoms with Gasteiger partial charge in [0.1, 0.15) is 6.54 Å². The minimum atomic E-state index is -0.209. The summed E-state index contributed by atoms with van der Waals surface area (Å²) in [5.74, 6) is -0.0924. The summed E-state index contributed by atoms with van der Waals surface area (Å²) < 4.78 is 7.80. The number of halogens is 1. The number of aromatic nitrogens is 2. The molecule has 23 heavy (non-hydrogen) atoms. The van der Waals surface area contributed by atoms with Crippen LogP contribution in [0.25, 0.3) is 10.9 Å². The number of carbonyl (C=O) groups excluding carboxylic acids is 1. The molecule has 1 aromatic heterocycles. The summed E-state index contributed by atoms with van der Waals surface area (Å²) in [6.07, 6.45) is 1.44. The van der Waals surface area contributed by atoms with Gasteiger partial charge in [0, 0.05) is 17.6 Å². The van der Waals surface area contributed by atoms with E-state index in [0.29, 0.717) is 24.0 Å². The molecule has 2 unspecified atom stereocenters. The van der Waals surface area contributed by atoms with E-state index < -0.39 is 0 Å². The molecule has 2 heterocycles. The summed E-state index contributed by atoms with van der Waals surface area (Å²) in [4.78, 5) is 31.0. The second kappa shape index (κ2) is 6.41. The predicted molar refractivity (Wildman–Crippen MR) is 90.3 cm³/mol. The number of ether oxygens (including phenoxy) is 1. The third-order valence-corrected chi connectivity index (χ3v) is 4.36. The Labute approximate surface area is 142 Å². The fourth-order valence-corrected chi connectivity index (χ4v) is 3.23. The Morgan fingerprint density at radius 3 is 2.74 bits per heavy atom. The lowest BCUT2D eigenvalue weighted by Gasteiger charge is -2.35. The van der Waals surface area contributed by atoms with E-state index in [1.54, 1.807) is 17.0 Å². The zero-order valence-corrected chi connectivity index (χ0v) is 14.6. The highest BCUT2D eigenvalue weighted by Crippen LogP contribution is 2.15. The second-order valence-electron chi connectivity index (χ2n) is 5.90. The van der Waals surface area contributed by atoms with Crippen molar-refractivity contribution in [1.82, 2.24) is 14.5 Å². The maximum atomic E-state index is 12.5. The Morgan fingerprint density at radius 2 is 2.04 bits per heavy atom. The maximum Gasteiger partial charge on any atom is 0.261 e. The molecule has 0 N–H and O–H groups in total. The third-order valence-electron chi connectivity index (χ3n) is 3.86. The number of morpholine rings is 1. The molecule has 6 nitrogen and oxygen atoms in total. The van der Waals surface area contributed by atoms with Gasteiger partial charge in [-0.15, -0.1) is 0 Å². The minimum absolute atomic E-state index is 0.00473. The lowest BCUT2D eigenvalue weighted by atomic mass is 10.2. The van der Waals surface area contributed by atoms with E-state index in [1.807, 2.05) is 19.9 Å². The average molecular weight is 380 g/mol. The molecular formula is C16H18BrN3O3. The number of nitrogens with zero attached hydrogens (tertiary/aromatic N) is 3. The lowest BCUT2D eigenvalue weighted by Crippen LogP contribution is -2.49. The summed E-state index contributed by atoms with van der Waals surface area (Å²) in [6, 6.07) is 5.34. The van der Waals surface area contributed by atoms with Gasteiger partial charge >= 0.3 is 0 Å². The van der Waals surface area contributed by atoms with Crippen LogP contribution in [0.1, 0.15) is 13.8 Å². The van der Waals surface area contributed by atoms with Gasteiger partial charge in [-0.3, -0.25) is 14.2 Å². The lowest BCUT2D eigenvalue weighted by molar-refractivity contribution is -0.143. The van der Waals surface area contributed by atoms with Gasteiger partial charge in [-0.05, 0) is 32.0 Å². The van der Waals surface area contributed by atoms with Crippen molar-refractivity contribution in [3.8, 4) is 0 Å². The predicted octanol–water partition coefficient (Wildman–Crippen LogP) is 1.79. The Hall–Kier alpha value is -1.73. The van der Waals surface area contributed by atoms with Crippen LogP contribution in [0.3, 0.4) is 0 Å². The monoisotopic (exact) mass is 379 g/mol. The van der Waals surface area contributed by atoms with Crippen molar-refractivity contribution >= 4 is 32.7 Å². The highest BCUT2D eigenvalue weighted by atomic mass is 79.9. The van der Waals surface area contributed by atoms with Gasteiger partial charge in [-0.1, -0.05) is 15.9 Å². The molecule has 1 aliphatic heterocycles. The maximum absolute atomic E-state index is 12.5. The molecule has 122 valence electrons. The molecule has 2 aromatic rings. The second-order valence-corrected chi connectivity index (χ2v) is 6.81. The summed E-state index contributed by atoms with van der Waals surface area (Å²) >= 11 is 3.35. The van der Waals surface area contributed by atoms with Crippen LogP contribution in [0, 0.1) is 0 Å². The fraction of sp³-hybridized carbons (Fsp3) is 0.438. The molecule has 1 fully saturated rings. The molecule has 2 atom stereocenters. The molecule has 3 rings (SSSR count). The van der Waals surface area contributed by atoms with Gasteiger partial charge in [0.05, 0.1) is 29.4 Å². The van der Waals surface area contributed by atoms with Crippen molar-refractivity contribution < 1.29 is 9.53 Å². The first-order chi connectivity index (χ1) is 10.9. The number of carbonyl (C=O) groups is 1. The van der Waals surface area contributed by atoms with Crippen molar-refractivity contribution in [3.05, 3.63) is 39.4 Å². The molecule has 1 saturated heterocycles. The van der Waals surface area contributed by atoms with Crippen LogP contribution in [0.2, 0.25) is 0 Å². The van der Waals surface area contributed by atoms with Crippen LogP contribution in [-0.2, 0) is 16.1 Å². The number of fused-ring (bicyclic) bond motifs is 1. The van der Waals surface area contributed by atoms with Gasteiger partial charge in [0.15, 0.2) is 0 Å². The summed E-state index contributed by atoms with van der Waals surface area (Å²) in [6.45, 7) is 4.97. The third kappa shape index (κ3) is 3.45. The Balaban J connectivity index is 1.85. The minimum Gasteiger partial charge on any atom is -0.372 e. The average Bonchev–Trinajstić information content (AvgIpc) is 2.49. The SMILES string of the molecule is CC1CN(C(=O)Cn2cnc3ccc(Br)cc3c2=O)CC(C)O1. The largest absolute Gasteiger partial charge is 0.372 e. The van der Waals surface area contributed by atoms with E-state index >= 15 is 0 Å². The zero-order valence-electron chi connectivity index (χ0n) is 13.0. The molecule has 0 radical (unpaired) electrons. The number of benzene rings is 1. The Morgan fingerprint density at radius 1 is 1.35 bits per heavy atom. The van der Waals surface area contributed by atoms with E-state index in [2.05, 4.69) is 20.9 Å². The first-order valence-electron chi connectivity index (χ1n) is 7.52. The van der Waals surface area contributed by atoms with Gasteiger partial charge < -0.3 is 9.64 Å². The van der Waals surface area contributed by atoms with Gasteiger partial charge in [0.25, 0.3) is 5.56 Å². The summed E-state index contributed by atoms with van der Waals surface area (Å²) in [7, 11) is 0. The number of amides is 1. The normalized spacial score (nSPS) is 21.6. The topological polar surface area (TPSA) is 64.4 Å². The molecule has 1 aromatic carbocycles. The number of hydrogen-bond donors (Lipinski definition) is 0. The van der Waals surface area contributed by atoms with Crippen molar-refractivity contribution in [1.29, 1.82) is 0 Å². The van der Waals surface area contributed by atoms with Crippen LogP contribution in [0.4, 0.5) is 0 Å².